The van der Waals surface area contributed by atoms with Crippen molar-refractivity contribution in [3.05, 3.63) is 0 Å². The van der Waals surface area contributed by atoms with Gasteiger partial charge in [0.2, 0.25) is 5.91 Å². The SMILES string of the molecule is CCC(CC)NC(=O)C(C)NCC(C)N(C)C1CC1. The van der Waals surface area contributed by atoms with E-state index in [4.69, 9.17) is 0 Å². The maximum Gasteiger partial charge on any atom is 0.237 e. The van der Waals surface area contributed by atoms with Gasteiger partial charge in [-0.1, -0.05) is 13.8 Å². The minimum atomic E-state index is -0.115. The maximum atomic E-state index is 12.0. The van der Waals surface area contributed by atoms with E-state index < -0.39 is 0 Å². The van der Waals surface area contributed by atoms with E-state index in [0.717, 1.165) is 25.4 Å². The number of rotatable bonds is 9. The molecule has 0 aromatic carbocycles. The van der Waals surface area contributed by atoms with Crippen LogP contribution in [0.2, 0.25) is 0 Å². The number of hydrogen-bond acceptors (Lipinski definition) is 3. The number of likely N-dealkylation sites (N-methyl/N-ethyl adjacent to an activating group) is 1. The monoisotopic (exact) mass is 269 g/mol. The topological polar surface area (TPSA) is 44.4 Å². The van der Waals surface area contributed by atoms with E-state index in [1.54, 1.807) is 0 Å². The Balaban J connectivity index is 2.25. The molecule has 1 saturated carbocycles. The third-order valence-electron chi connectivity index (χ3n) is 4.26. The predicted molar refractivity (Wildman–Crippen MR) is 80.2 cm³/mol. The van der Waals surface area contributed by atoms with Crippen molar-refractivity contribution in [1.82, 2.24) is 15.5 Å². The molecule has 4 nitrogen and oxygen atoms in total. The lowest BCUT2D eigenvalue weighted by Crippen LogP contribution is -2.49. The molecule has 1 fully saturated rings. The van der Waals surface area contributed by atoms with Gasteiger partial charge in [-0.3, -0.25) is 9.69 Å². The van der Waals surface area contributed by atoms with Crippen LogP contribution in [-0.4, -0.2) is 48.6 Å². The normalized spacial score (nSPS) is 18.7. The molecule has 0 spiro atoms. The molecule has 0 saturated heterocycles. The largest absolute Gasteiger partial charge is 0.352 e. The van der Waals surface area contributed by atoms with Crippen LogP contribution in [0.25, 0.3) is 0 Å². The van der Waals surface area contributed by atoms with Crippen molar-refractivity contribution in [3.63, 3.8) is 0 Å². The fourth-order valence-corrected chi connectivity index (χ4v) is 2.24. The lowest BCUT2D eigenvalue weighted by molar-refractivity contribution is -0.123. The van der Waals surface area contributed by atoms with Gasteiger partial charge in [-0.15, -0.1) is 0 Å². The molecule has 4 heteroatoms. The van der Waals surface area contributed by atoms with Crippen LogP contribution in [0.15, 0.2) is 0 Å². The number of carbonyl (C=O) groups is 1. The van der Waals surface area contributed by atoms with Gasteiger partial charge >= 0.3 is 0 Å². The summed E-state index contributed by atoms with van der Waals surface area (Å²) in [4.78, 5) is 14.4. The highest BCUT2D eigenvalue weighted by molar-refractivity contribution is 5.81. The average Bonchev–Trinajstić information content (AvgIpc) is 3.24. The molecule has 0 aromatic heterocycles. The summed E-state index contributed by atoms with van der Waals surface area (Å²) in [6.07, 6.45) is 4.64. The van der Waals surface area contributed by atoms with E-state index in [2.05, 4.69) is 43.4 Å². The highest BCUT2D eigenvalue weighted by atomic mass is 16.2. The number of hydrogen-bond donors (Lipinski definition) is 2. The van der Waals surface area contributed by atoms with E-state index in [-0.39, 0.29) is 11.9 Å². The first-order valence-electron chi connectivity index (χ1n) is 7.75. The highest BCUT2D eigenvalue weighted by Crippen LogP contribution is 2.26. The van der Waals surface area contributed by atoms with Crippen molar-refractivity contribution < 1.29 is 4.79 Å². The molecule has 1 aliphatic rings. The number of nitrogens with zero attached hydrogens (tertiary/aromatic N) is 1. The quantitative estimate of drug-likeness (QED) is 0.670. The summed E-state index contributed by atoms with van der Waals surface area (Å²) < 4.78 is 0. The molecule has 0 aromatic rings. The van der Waals surface area contributed by atoms with Crippen LogP contribution in [0.3, 0.4) is 0 Å². The molecular weight excluding hydrogens is 238 g/mol. The Morgan fingerprint density at radius 1 is 1.26 bits per heavy atom. The van der Waals surface area contributed by atoms with Crippen molar-refractivity contribution in [2.75, 3.05) is 13.6 Å². The van der Waals surface area contributed by atoms with Crippen LogP contribution < -0.4 is 10.6 Å². The summed E-state index contributed by atoms with van der Waals surface area (Å²) in [7, 11) is 2.18. The summed E-state index contributed by atoms with van der Waals surface area (Å²) in [6.45, 7) is 9.25. The first-order valence-corrected chi connectivity index (χ1v) is 7.75. The Kier molecular flexibility index (Phi) is 6.80. The first-order chi connectivity index (χ1) is 8.99. The summed E-state index contributed by atoms with van der Waals surface area (Å²) in [6, 6.07) is 1.44. The molecule has 19 heavy (non-hydrogen) atoms. The second-order valence-corrected chi connectivity index (χ2v) is 5.90. The minimum Gasteiger partial charge on any atom is -0.352 e. The molecular formula is C15H31N3O. The van der Waals surface area contributed by atoms with E-state index in [9.17, 15) is 4.79 Å². The summed E-state index contributed by atoms with van der Waals surface area (Å²) in [5, 5.41) is 6.43. The second kappa shape index (κ2) is 7.85. The van der Waals surface area contributed by atoms with Gasteiger partial charge in [-0.25, -0.2) is 0 Å². The standard InChI is InChI=1S/C15H31N3O/c1-6-13(7-2)17-15(19)12(4)16-10-11(3)18(5)14-8-9-14/h11-14,16H,6-10H2,1-5H3,(H,17,19). The van der Waals surface area contributed by atoms with Gasteiger partial charge in [0.15, 0.2) is 0 Å². The van der Waals surface area contributed by atoms with Gasteiger partial charge in [-0.2, -0.15) is 0 Å². The third kappa shape index (κ3) is 5.49. The molecule has 0 bridgehead atoms. The molecule has 0 radical (unpaired) electrons. The number of nitrogens with one attached hydrogen (secondary N) is 2. The van der Waals surface area contributed by atoms with E-state index in [1.807, 2.05) is 6.92 Å². The molecule has 1 amide bonds. The Morgan fingerprint density at radius 2 is 1.84 bits per heavy atom. The second-order valence-electron chi connectivity index (χ2n) is 5.90. The van der Waals surface area contributed by atoms with Crippen molar-refractivity contribution in [2.24, 2.45) is 0 Å². The minimum absolute atomic E-state index is 0.115. The Hall–Kier alpha value is -0.610. The van der Waals surface area contributed by atoms with Crippen LogP contribution >= 0.6 is 0 Å². The predicted octanol–water partition coefficient (Wildman–Crippen LogP) is 1.75. The zero-order valence-corrected chi connectivity index (χ0v) is 13.2. The van der Waals surface area contributed by atoms with Gasteiger partial charge in [0, 0.05) is 24.7 Å². The van der Waals surface area contributed by atoms with Crippen molar-refractivity contribution in [1.29, 1.82) is 0 Å². The zero-order chi connectivity index (χ0) is 14.4. The molecule has 0 heterocycles. The Labute approximate surface area is 118 Å². The molecule has 1 rings (SSSR count). The molecule has 2 N–H and O–H groups in total. The molecule has 2 unspecified atom stereocenters. The van der Waals surface area contributed by atoms with Gasteiger partial charge in [0.25, 0.3) is 0 Å². The van der Waals surface area contributed by atoms with Crippen molar-refractivity contribution in [2.45, 2.75) is 77.5 Å². The lowest BCUT2D eigenvalue weighted by atomic mass is 10.1. The van der Waals surface area contributed by atoms with Gasteiger partial charge < -0.3 is 10.6 Å². The van der Waals surface area contributed by atoms with Gasteiger partial charge in [0.05, 0.1) is 6.04 Å². The number of carbonyl (C=O) groups excluding carboxylic acids is 1. The molecule has 1 aliphatic carbocycles. The molecule has 0 aliphatic heterocycles. The van der Waals surface area contributed by atoms with Crippen LogP contribution in [0, 0.1) is 0 Å². The fraction of sp³-hybridized carbons (Fsp3) is 0.933. The first kappa shape index (κ1) is 16.4. The number of amides is 1. The van der Waals surface area contributed by atoms with Gasteiger partial charge in [-0.05, 0) is 46.6 Å². The van der Waals surface area contributed by atoms with Crippen LogP contribution in [0.4, 0.5) is 0 Å². The smallest absolute Gasteiger partial charge is 0.237 e. The van der Waals surface area contributed by atoms with Crippen LogP contribution in [0.1, 0.15) is 53.4 Å². The summed E-state index contributed by atoms with van der Waals surface area (Å²) in [5.41, 5.74) is 0. The zero-order valence-electron chi connectivity index (χ0n) is 13.2. The Bertz CT molecular complexity index is 275. The maximum absolute atomic E-state index is 12.0. The van der Waals surface area contributed by atoms with Gasteiger partial charge in [0.1, 0.15) is 0 Å². The van der Waals surface area contributed by atoms with Crippen molar-refractivity contribution in [3.8, 4) is 0 Å². The lowest BCUT2D eigenvalue weighted by Gasteiger charge is -2.26. The average molecular weight is 269 g/mol. The Morgan fingerprint density at radius 3 is 2.32 bits per heavy atom. The van der Waals surface area contributed by atoms with Crippen LogP contribution in [0.5, 0.6) is 0 Å². The fourth-order valence-electron chi connectivity index (χ4n) is 2.24. The highest BCUT2D eigenvalue weighted by Gasteiger charge is 2.29. The summed E-state index contributed by atoms with van der Waals surface area (Å²) in [5.74, 6) is 0.120. The molecule has 112 valence electrons. The summed E-state index contributed by atoms with van der Waals surface area (Å²) >= 11 is 0. The van der Waals surface area contributed by atoms with Crippen molar-refractivity contribution >= 4 is 5.91 Å². The van der Waals surface area contributed by atoms with E-state index >= 15 is 0 Å². The van der Waals surface area contributed by atoms with E-state index in [0.29, 0.717) is 12.1 Å². The van der Waals surface area contributed by atoms with Crippen LogP contribution in [-0.2, 0) is 4.79 Å². The molecule has 2 atom stereocenters. The van der Waals surface area contributed by atoms with E-state index in [1.165, 1.54) is 12.8 Å². The third-order valence-corrected chi connectivity index (χ3v) is 4.26.